The lowest BCUT2D eigenvalue weighted by molar-refractivity contribution is -0.142. The molecule has 2 aliphatic heterocycles. The van der Waals surface area contributed by atoms with E-state index in [1.165, 1.54) is 0 Å². The molecular formula is C23H29N5O2. The summed E-state index contributed by atoms with van der Waals surface area (Å²) in [5.74, 6) is 1.13. The average Bonchev–Trinajstić information content (AvgIpc) is 3.39. The minimum atomic E-state index is -0.795. The van der Waals surface area contributed by atoms with Crippen LogP contribution < -0.4 is 0 Å². The van der Waals surface area contributed by atoms with Crippen LogP contribution in [0, 0.1) is 6.92 Å². The number of imidazole rings is 1. The van der Waals surface area contributed by atoms with Crippen molar-refractivity contribution in [3.05, 3.63) is 48.9 Å². The van der Waals surface area contributed by atoms with E-state index in [0.29, 0.717) is 25.8 Å². The van der Waals surface area contributed by atoms with Crippen molar-refractivity contribution in [2.75, 3.05) is 0 Å². The van der Waals surface area contributed by atoms with Crippen molar-refractivity contribution in [3.63, 3.8) is 0 Å². The normalized spacial score (nSPS) is 27.0. The summed E-state index contributed by atoms with van der Waals surface area (Å²) < 4.78 is 4.16. The Morgan fingerprint density at radius 2 is 2.00 bits per heavy atom. The molecule has 30 heavy (non-hydrogen) atoms. The SMILES string of the molecule is Cc1nccn1[C@H](C)CC(=O)N1[C@H]2CC[C@H]1CC(O)(Cn1ccc3ccncc31)C2. The number of aryl methyl sites for hydroxylation is 1. The van der Waals surface area contributed by atoms with Gasteiger partial charge in [0.15, 0.2) is 0 Å². The number of carbonyl (C=O) groups is 1. The summed E-state index contributed by atoms with van der Waals surface area (Å²) in [6.45, 7) is 4.58. The van der Waals surface area contributed by atoms with Gasteiger partial charge in [-0.15, -0.1) is 0 Å². The maximum atomic E-state index is 13.2. The number of hydrogen-bond acceptors (Lipinski definition) is 4. The Morgan fingerprint density at radius 3 is 2.70 bits per heavy atom. The Balaban J connectivity index is 1.29. The Bertz CT molecular complexity index is 1060. The van der Waals surface area contributed by atoms with Crippen LogP contribution in [0.1, 0.15) is 50.9 Å². The molecule has 3 aromatic rings. The Kier molecular flexibility index (Phi) is 4.65. The van der Waals surface area contributed by atoms with Crippen LogP contribution in [0.2, 0.25) is 0 Å². The summed E-state index contributed by atoms with van der Waals surface area (Å²) in [6, 6.07) is 4.38. The van der Waals surface area contributed by atoms with E-state index in [4.69, 9.17) is 0 Å². The Morgan fingerprint density at radius 1 is 1.23 bits per heavy atom. The van der Waals surface area contributed by atoms with Crippen LogP contribution in [0.3, 0.4) is 0 Å². The molecule has 2 saturated heterocycles. The molecule has 5 heterocycles. The van der Waals surface area contributed by atoms with E-state index in [0.717, 1.165) is 29.6 Å². The maximum Gasteiger partial charge on any atom is 0.225 e. The van der Waals surface area contributed by atoms with Crippen LogP contribution in [0.25, 0.3) is 10.9 Å². The number of carbonyl (C=O) groups excluding carboxylic acids is 1. The lowest BCUT2D eigenvalue weighted by Gasteiger charge is -2.44. The van der Waals surface area contributed by atoms with Crippen molar-refractivity contribution >= 4 is 16.8 Å². The van der Waals surface area contributed by atoms with Crippen molar-refractivity contribution in [1.29, 1.82) is 0 Å². The molecule has 0 saturated carbocycles. The van der Waals surface area contributed by atoms with E-state index in [9.17, 15) is 9.90 Å². The summed E-state index contributed by atoms with van der Waals surface area (Å²) in [6.07, 6.45) is 13.1. The van der Waals surface area contributed by atoms with Gasteiger partial charge in [-0.2, -0.15) is 0 Å². The van der Waals surface area contributed by atoms with Crippen LogP contribution in [-0.4, -0.2) is 52.7 Å². The second kappa shape index (κ2) is 7.23. The van der Waals surface area contributed by atoms with E-state index in [1.54, 1.807) is 12.4 Å². The highest BCUT2D eigenvalue weighted by atomic mass is 16.3. The first-order chi connectivity index (χ1) is 14.4. The van der Waals surface area contributed by atoms with E-state index >= 15 is 0 Å². The smallest absolute Gasteiger partial charge is 0.225 e. The van der Waals surface area contributed by atoms with E-state index in [-0.39, 0.29) is 24.0 Å². The highest BCUT2D eigenvalue weighted by Gasteiger charge is 2.49. The number of amides is 1. The lowest BCUT2D eigenvalue weighted by atomic mass is 9.85. The number of nitrogens with zero attached hydrogens (tertiary/aromatic N) is 5. The molecule has 0 unspecified atom stereocenters. The number of aromatic nitrogens is 4. The third-order valence-electron chi connectivity index (χ3n) is 6.99. The summed E-state index contributed by atoms with van der Waals surface area (Å²) in [5, 5.41) is 12.6. The van der Waals surface area contributed by atoms with Crippen molar-refractivity contribution in [2.45, 2.75) is 76.2 Å². The standard InChI is InChI=1S/C23H29N5O2/c1-16(27-10-8-25-17(27)2)11-22(29)28-19-3-4-20(28)13-23(30,12-19)15-26-9-6-18-5-7-24-14-21(18)26/h5-10,14,16,19-20,30H,3-4,11-13,15H2,1-2H3/t16-,19+,20+/m1/s1. The number of pyridine rings is 1. The van der Waals surface area contributed by atoms with E-state index in [2.05, 4.69) is 37.0 Å². The molecule has 158 valence electrons. The van der Waals surface area contributed by atoms with Crippen LogP contribution in [0.15, 0.2) is 43.1 Å². The monoisotopic (exact) mass is 407 g/mol. The number of fused-ring (bicyclic) bond motifs is 3. The zero-order valence-electron chi connectivity index (χ0n) is 17.6. The minimum absolute atomic E-state index is 0.0824. The van der Waals surface area contributed by atoms with Crippen LogP contribution >= 0.6 is 0 Å². The minimum Gasteiger partial charge on any atom is -0.388 e. The van der Waals surface area contributed by atoms with Gasteiger partial charge in [0, 0.05) is 54.7 Å². The molecule has 1 N–H and O–H groups in total. The fourth-order valence-corrected chi connectivity index (χ4v) is 5.65. The lowest BCUT2D eigenvalue weighted by Crippen LogP contribution is -2.54. The number of rotatable bonds is 5. The Hall–Kier alpha value is -2.67. The fourth-order valence-electron chi connectivity index (χ4n) is 5.65. The molecule has 2 bridgehead atoms. The van der Waals surface area contributed by atoms with Crippen LogP contribution in [0.4, 0.5) is 0 Å². The van der Waals surface area contributed by atoms with Crippen LogP contribution in [-0.2, 0) is 11.3 Å². The second-order valence-corrected chi connectivity index (χ2v) is 9.13. The van der Waals surface area contributed by atoms with Crippen molar-refractivity contribution in [1.82, 2.24) is 24.0 Å². The third kappa shape index (κ3) is 3.31. The first-order valence-electron chi connectivity index (χ1n) is 10.9. The van der Waals surface area contributed by atoms with Gasteiger partial charge in [-0.3, -0.25) is 9.78 Å². The second-order valence-electron chi connectivity index (χ2n) is 9.13. The summed E-state index contributed by atoms with van der Waals surface area (Å²) in [4.78, 5) is 23.8. The van der Waals surface area contributed by atoms with Crippen molar-refractivity contribution in [2.24, 2.45) is 0 Å². The van der Waals surface area contributed by atoms with Gasteiger partial charge in [0.2, 0.25) is 5.91 Å². The fraction of sp³-hybridized carbons (Fsp3) is 0.522. The van der Waals surface area contributed by atoms with Gasteiger partial charge in [-0.25, -0.2) is 4.98 Å². The van der Waals surface area contributed by atoms with Gasteiger partial charge in [-0.05, 0) is 51.7 Å². The van der Waals surface area contributed by atoms with Crippen LogP contribution in [0.5, 0.6) is 0 Å². The zero-order chi connectivity index (χ0) is 20.9. The molecule has 7 heteroatoms. The molecule has 3 atom stereocenters. The van der Waals surface area contributed by atoms with Crippen molar-refractivity contribution in [3.8, 4) is 0 Å². The molecule has 2 aliphatic rings. The van der Waals surface area contributed by atoms with Crippen molar-refractivity contribution < 1.29 is 9.90 Å². The summed E-state index contributed by atoms with van der Waals surface area (Å²) in [5.41, 5.74) is 0.248. The van der Waals surface area contributed by atoms with Gasteiger partial charge >= 0.3 is 0 Å². The van der Waals surface area contributed by atoms with Gasteiger partial charge in [0.25, 0.3) is 0 Å². The van der Waals surface area contributed by atoms with Gasteiger partial charge in [0.1, 0.15) is 5.82 Å². The zero-order valence-corrected chi connectivity index (χ0v) is 17.6. The Labute approximate surface area is 176 Å². The average molecular weight is 408 g/mol. The number of aliphatic hydroxyl groups is 1. The van der Waals surface area contributed by atoms with Gasteiger partial charge in [-0.1, -0.05) is 0 Å². The number of piperidine rings is 1. The molecule has 1 amide bonds. The molecule has 0 radical (unpaired) electrons. The predicted molar refractivity (Wildman–Crippen MR) is 114 cm³/mol. The highest BCUT2D eigenvalue weighted by Crippen LogP contribution is 2.42. The molecule has 0 aromatic carbocycles. The largest absolute Gasteiger partial charge is 0.388 e. The van der Waals surface area contributed by atoms with Gasteiger partial charge < -0.3 is 19.1 Å². The molecule has 5 rings (SSSR count). The molecule has 2 fully saturated rings. The molecule has 0 aliphatic carbocycles. The topological polar surface area (TPSA) is 76.2 Å². The highest BCUT2D eigenvalue weighted by molar-refractivity contribution is 5.79. The molecular weight excluding hydrogens is 378 g/mol. The van der Waals surface area contributed by atoms with Gasteiger partial charge in [0.05, 0.1) is 23.9 Å². The molecule has 0 spiro atoms. The predicted octanol–water partition coefficient (Wildman–Crippen LogP) is 3.08. The van der Waals surface area contributed by atoms with E-state index in [1.807, 2.05) is 31.6 Å². The third-order valence-corrected chi connectivity index (χ3v) is 6.99. The summed E-state index contributed by atoms with van der Waals surface area (Å²) in [7, 11) is 0. The number of hydrogen-bond donors (Lipinski definition) is 1. The first-order valence-corrected chi connectivity index (χ1v) is 10.9. The molecule has 3 aromatic heterocycles. The summed E-state index contributed by atoms with van der Waals surface area (Å²) >= 11 is 0. The molecule has 7 nitrogen and oxygen atoms in total. The first kappa shape index (κ1) is 19.3. The van der Waals surface area contributed by atoms with E-state index < -0.39 is 5.60 Å². The maximum absolute atomic E-state index is 13.2. The quantitative estimate of drug-likeness (QED) is 0.705.